The van der Waals surface area contributed by atoms with Crippen molar-refractivity contribution in [1.82, 2.24) is 0 Å². The molecule has 0 unspecified atom stereocenters. The van der Waals surface area contributed by atoms with Crippen LogP contribution in [-0.2, 0) is 20.0 Å². The van der Waals surface area contributed by atoms with Gasteiger partial charge in [-0.05, 0) is 60.7 Å². The minimum Gasteiger partial charge on any atom is -0.376 e. The molecule has 8 nitrogen and oxygen atoms in total. The van der Waals surface area contributed by atoms with Gasteiger partial charge in [-0.3, -0.25) is 4.72 Å². The fourth-order valence-electron chi connectivity index (χ4n) is 1.79. The molecule has 24 heavy (non-hydrogen) atoms. The SMILES string of the molecule is NC(=S)Nc1ccc(S(=O)(=O)Nc2ccc(S(N)(=O)=O)cc2)cc1. The number of nitrogens with two attached hydrogens (primary N) is 2. The summed E-state index contributed by atoms with van der Waals surface area (Å²) in [5.41, 5.74) is 6.09. The first kappa shape index (κ1) is 18.1. The summed E-state index contributed by atoms with van der Waals surface area (Å²) in [6, 6.07) is 10.8. The van der Waals surface area contributed by atoms with Gasteiger partial charge in [-0.15, -0.1) is 0 Å². The van der Waals surface area contributed by atoms with Gasteiger partial charge >= 0.3 is 0 Å². The summed E-state index contributed by atoms with van der Waals surface area (Å²) in [7, 11) is -7.66. The highest BCUT2D eigenvalue weighted by molar-refractivity contribution is 7.92. The van der Waals surface area contributed by atoms with Crippen LogP contribution in [0.4, 0.5) is 11.4 Å². The molecule has 0 atom stereocenters. The molecule has 0 heterocycles. The Hall–Kier alpha value is -2.21. The average molecular weight is 386 g/mol. The Kier molecular flexibility index (Phi) is 5.08. The van der Waals surface area contributed by atoms with Crippen molar-refractivity contribution in [2.45, 2.75) is 9.79 Å². The predicted molar refractivity (Wildman–Crippen MR) is 95.5 cm³/mol. The topological polar surface area (TPSA) is 144 Å². The third kappa shape index (κ3) is 4.64. The van der Waals surface area contributed by atoms with E-state index in [4.69, 9.17) is 23.1 Å². The van der Waals surface area contributed by atoms with Crippen LogP contribution in [-0.4, -0.2) is 21.9 Å². The minimum atomic E-state index is -3.84. The van der Waals surface area contributed by atoms with Gasteiger partial charge in [-0.25, -0.2) is 22.0 Å². The van der Waals surface area contributed by atoms with Gasteiger partial charge in [0.25, 0.3) is 10.0 Å². The van der Waals surface area contributed by atoms with E-state index in [1.807, 2.05) is 0 Å². The van der Waals surface area contributed by atoms with Crippen molar-refractivity contribution in [1.29, 1.82) is 0 Å². The fourth-order valence-corrected chi connectivity index (χ4v) is 3.48. The van der Waals surface area contributed by atoms with Crippen LogP contribution in [0.3, 0.4) is 0 Å². The van der Waals surface area contributed by atoms with Gasteiger partial charge in [-0.2, -0.15) is 0 Å². The largest absolute Gasteiger partial charge is 0.376 e. The van der Waals surface area contributed by atoms with Crippen LogP contribution < -0.4 is 20.9 Å². The van der Waals surface area contributed by atoms with Crippen LogP contribution in [0.2, 0.25) is 0 Å². The molecule has 0 spiro atoms. The zero-order valence-electron chi connectivity index (χ0n) is 12.1. The summed E-state index contributed by atoms with van der Waals surface area (Å²) in [6.45, 7) is 0. The highest BCUT2D eigenvalue weighted by Gasteiger charge is 2.15. The van der Waals surface area contributed by atoms with Gasteiger partial charge < -0.3 is 11.1 Å². The van der Waals surface area contributed by atoms with E-state index in [9.17, 15) is 16.8 Å². The molecular formula is C13H14N4O4S3. The molecule has 0 amide bonds. The molecule has 0 saturated heterocycles. The molecule has 0 bridgehead atoms. The zero-order valence-corrected chi connectivity index (χ0v) is 14.6. The molecule has 0 radical (unpaired) electrons. The van der Waals surface area contributed by atoms with Gasteiger partial charge in [0.2, 0.25) is 10.0 Å². The minimum absolute atomic E-state index is 0.0199. The molecule has 0 saturated carbocycles. The van der Waals surface area contributed by atoms with Gasteiger partial charge in [0, 0.05) is 11.4 Å². The van der Waals surface area contributed by atoms with E-state index in [2.05, 4.69) is 10.0 Å². The molecule has 128 valence electrons. The van der Waals surface area contributed by atoms with Crippen molar-refractivity contribution in [3.63, 3.8) is 0 Å². The first-order valence-corrected chi connectivity index (χ1v) is 9.84. The van der Waals surface area contributed by atoms with E-state index in [0.717, 1.165) is 0 Å². The van der Waals surface area contributed by atoms with Crippen molar-refractivity contribution >= 4 is 48.8 Å². The van der Waals surface area contributed by atoms with Crippen LogP contribution >= 0.6 is 12.2 Å². The molecule has 0 fully saturated rings. The fraction of sp³-hybridized carbons (Fsp3) is 0. The lowest BCUT2D eigenvalue weighted by Gasteiger charge is -2.10. The zero-order chi connectivity index (χ0) is 18.0. The summed E-state index contributed by atoms with van der Waals surface area (Å²) in [5.74, 6) is 0. The lowest BCUT2D eigenvalue weighted by Crippen LogP contribution is -2.19. The Morgan fingerprint density at radius 3 is 1.75 bits per heavy atom. The molecular weight excluding hydrogens is 372 g/mol. The number of anilines is 2. The number of thiocarbonyl (C=S) groups is 1. The van der Waals surface area contributed by atoms with Crippen LogP contribution in [0.15, 0.2) is 58.3 Å². The Morgan fingerprint density at radius 1 is 0.833 bits per heavy atom. The molecule has 2 aromatic carbocycles. The predicted octanol–water partition coefficient (Wildman–Crippen LogP) is 0.790. The summed E-state index contributed by atoms with van der Waals surface area (Å²) >= 11 is 4.69. The van der Waals surface area contributed by atoms with Crippen molar-refractivity contribution in [2.75, 3.05) is 10.0 Å². The summed E-state index contributed by atoms with van der Waals surface area (Å²) in [4.78, 5) is -0.0925. The molecule has 6 N–H and O–H groups in total. The lowest BCUT2D eigenvalue weighted by atomic mass is 10.3. The highest BCUT2D eigenvalue weighted by Crippen LogP contribution is 2.19. The second-order valence-electron chi connectivity index (χ2n) is 4.69. The third-order valence-corrected chi connectivity index (χ3v) is 5.30. The summed E-state index contributed by atoms with van der Waals surface area (Å²) in [5, 5.41) is 7.73. The molecule has 0 aliphatic heterocycles. The van der Waals surface area contributed by atoms with E-state index in [1.54, 1.807) is 0 Å². The van der Waals surface area contributed by atoms with E-state index < -0.39 is 20.0 Å². The van der Waals surface area contributed by atoms with Crippen molar-refractivity contribution in [2.24, 2.45) is 10.9 Å². The van der Waals surface area contributed by atoms with Crippen LogP contribution in [0, 0.1) is 0 Å². The Morgan fingerprint density at radius 2 is 1.29 bits per heavy atom. The van der Waals surface area contributed by atoms with Crippen molar-refractivity contribution in [3.8, 4) is 0 Å². The maximum absolute atomic E-state index is 12.3. The van der Waals surface area contributed by atoms with Crippen molar-refractivity contribution < 1.29 is 16.8 Å². The standard InChI is InChI=1S/C13H14N4O4S3/c14-13(22)16-9-1-7-12(8-2-9)24(20,21)17-10-3-5-11(6-4-10)23(15,18)19/h1-8,17H,(H3,14,16,22)(H2,15,18,19). The molecule has 11 heteroatoms. The number of primary sulfonamides is 1. The van der Waals surface area contributed by atoms with Gasteiger partial charge in [0.05, 0.1) is 9.79 Å². The number of hydrogen-bond acceptors (Lipinski definition) is 5. The third-order valence-electron chi connectivity index (χ3n) is 2.87. The number of benzene rings is 2. The summed E-state index contributed by atoms with van der Waals surface area (Å²) in [6.07, 6.45) is 0. The maximum Gasteiger partial charge on any atom is 0.261 e. The molecule has 0 aliphatic rings. The molecule has 2 rings (SSSR count). The smallest absolute Gasteiger partial charge is 0.261 e. The second kappa shape index (κ2) is 6.73. The van der Waals surface area contributed by atoms with E-state index >= 15 is 0 Å². The molecule has 2 aromatic rings. The van der Waals surface area contributed by atoms with E-state index in [-0.39, 0.29) is 20.6 Å². The van der Waals surface area contributed by atoms with Crippen molar-refractivity contribution in [3.05, 3.63) is 48.5 Å². The normalized spacial score (nSPS) is 11.7. The van der Waals surface area contributed by atoms with Gasteiger partial charge in [0.15, 0.2) is 5.11 Å². The number of sulfonamides is 2. The first-order valence-electron chi connectivity index (χ1n) is 6.40. The van der Waals surface area contributed by atoms with Crippen LogP contribution in [0.1, 0.15) is 0 Å². The molecule has 0 aromatic heterocycles. The molecule has 0 aliphatic carbocycles. The van der Waals surface area contributed by atoms with Crippen LogP contribution in [0.5, 0.6) is 0 Å². The van der Waals surface area contributed by atoms with Crippen LogP contribution in [0.25, 0.3) is 0 Å². The second-order valence-corrected chi connectivity index (χ2v) is 8.37. The number of rotatable bonds is 5. The van der Waals surface area contributed by atoms with E-state index in [1.165, 1.54) is 48.5 Å². The number of nitrogens with one attached hydrogen (secondary N) is 2. The highest BCUT2D eigenvalue weighted by atomic mass is 32.2. The quantitative estimate of drug-likeness (QED) is 0.556. The maximum atomic E-state index is 12.3. The summed E-state index contributed by atoms with van der Waals surface area (Å²) < 4.78 is 49.3. The monoisotopic (exact) mass is 386 g/mol. The van der Waals surface area contributed by atoms with Gasteiger partial charge in [0.1, 0.15) is 0 Å². The lowest BCUT2D eigenvalue weighted by molar-refractivity contribution is 0.597. The Labute approximate surface area is 145 Å². The Bertz CT molecular complexity index is 953. The Balaban J connectivity index is 2.20. The number of hydrogen-bond donors (Lipinski definition) is 4. The van der Waals surface area contributed by atoms with E-state index in [0.29, 0.717) is 5.69 Å². The van der Waals surface area contributed by atoms with Gasteiger partial charge in [-0.1, -0.05) is 0 Å². The first-order chi connectivity index (χ1) is 11.1. The average Bonchev–Trinajstić information content (AvgIpc) is 2.46.